The maximum Gasteiger partial charge on any atom is 0.473 e. The van der Waals surface area contributed by atoms with E-state index in [1.54, 1.807) is 0 Å². The van der Waals surface area contributed by atoms with Gasteiger partial charge in [0, 0.05) is 10.6 Å². The van der Waals surface area contributed by atoms with Crippen molar-refractivity contribution in [2.75, 3.05) is 0 Å². The van der Waals surface area contributed by atoms with Crippen LogP contribution in [0.3, 0.4) is 0 Å². The number of phenols is 1. The van der Waals surface area contributed by atoms with Crippen molar-refractivity contribution >= 4 is 29.3 Å². The van der Waals surface area contributed by atoms with Crippen LogP contribution in [-0.4, -0.2) is 33.9 Å². The summed E-state index contributed by atoms with van der Waals surface area (Å²) in [5.41, 5.74) is 0.332. The SMILES string of the molecule is O=C1NC(c2ccc(Cl)cc2)=NN(C(=O)C(F)(F)F)C1c1ccc(O)cc1. The van der Waals surface area contributed by atoms with E-state index in [-0.39, 0.29) is 27.7 Å². The maximum absolute atomic E-state index is 13.0. The third-order valence-corrected chi connectivity index (χ3v) is 3.97. The second kappa shape index (κ2) is 6.92. The first kappa shape index (κ1) is 18.7. The van der Waals surface area contributed by atoms with Gasteiger partial charge in [-0.3, -0.25) is 9.59 Å². The van der Waals surface area contributed by atoms with Gasteiger partial charge in [-0.15, -0.1) is 0 Å². The van der Waals surface area contributed by atoms with E-state index in [0.717, 1.165) is 0 Å². The summed E-state index contributed by atoms with van der Waals surface area (Å²) in [4.78, 5) is 24.4. The van der Waals surface area contributed by atoms with Crippen LogP contribution in [-0.2, 0) is 9.59 Å². The first-order valence-corrected chi connectivity index (χ1v) is 7.89. The third kappa shape index (κ3) is 3.87. The zero-order chi connectivity index (χ0) is 19.8. The Morgan fingerprint density at radius 3 is 2.26 bits per heavy atom. The Kier molecular flexibility index (Phi) is 4.79. The molecule has 1 aliphatic heterocycles. The predicted octanol–water partition coefficient (Wildman–Crippen LogP) is 2.97. The van der Waals surface area contributed by atoms with E-state index < -0.39 is 24.0 Å². The van der Waals surface area contributed by atoms with Gasteiger partial charge in [-0.05, 0) is 42.0 Å². The normalized spacial score (nSPS) is 17.3. The second-order valence-electron chi connectivity index (χ2n) is 5.59. The molecule has 3 rings (SSSR count). The minimum absolute atomic E-state index is 0.0572. The van der Waals surface area contributed by atoms with E-state index in [1.807, 2.05) is 0 Å². The molecular weight excluding hydrogens is 387 g/mol. The molecule has 2 N–H and O–H groups in total. The standard InChI is InChI=1S/C17H11ClF3N3O3/c18-11-5-1-10(2-6-11)14-22-15(26)13(9-3-7-12(25)8-4-9)24(23-14)16(27)17(19,20)21/h1-8,13,25H,(H,22,23,26). The number of carbonyl (C=O) groups excluding carboxylic acids is 2. The molecule has 1 aliphatic rings. The molecular formula is C17H11ClF3N3O3. The smallest absolute Gasteiger partial charge is 0.473 e. The topological polar surface area (TPSA) is 82.0 Å². The molecule has 0 saturated carbocycles. The number of nitrogens with zero attached hydrogens (tertiary/aromatic N) is 2. The van der Waals surface area contributed by atoms with Crippen LogP contribution in [0, 0.1) is 0 Å². The molecule has 27 heavy (non-hydrogen) atoms. The van der Waals surface area contributed by atoms with Crippen LogP contribution in [0.25, 0.3) is 0 Å². The highest BCUT2D eigenvalue weighted by molar-refractivity contribution is 6.30. The number of amidine groups is 1. The Balaban J connectivity index is 2.08. The number of carbonyl (C=O) groups is 2. The number of nitrogens with one attached hydrogen (secondary N) is 1. The lowest BCUT2D eigenvalue weighted by atomic mass is 10.0. The van der Waals surface area contributed by atoms with Crippen LogP contribution in [0.2, 0.25) is 5.02 Å². The fraction of sp³-hybridized carbons (Fsp3) is 0.118. The van der Waals surface area contributed by atoms with Gasteiger partial charge in [0.1, 0.15) is 5.75 Å². The molecule has 0 saturated heterocycles. The van der Waals surface area contributed by atoms with E-state index in [2.05, 4.69) is 10.4 Å². The summed E-state index contributed by atoms with van der Waals surface area (Å²) in [6, 6.07) is 9.03. The summed E-state index contributed by atoms with van der Waals surface area (Å²) in [6.07, 6.45) is -5.23. The molecule has 1 unspecified atom stereocenters. The highest BCUT2D eigenvalue weighted by Gasteiger charge is 2.48. The van der Waals surface area contributed by atoms with Crippen LogP contribution in [0.4, 0.5) is 13.2 Å². The molecule has 2 aromatic carbocycles. The van der Waals surface area contributed by atoms with E-state index in [0.29, 0.717) is 5.02 Å². The van der Waals surface area contributed by atoms with Crippen molar-refractivity contribution < 1.29 is 27.9 Å². The van der Waals surface area contributed by atoms with Crippen molar-refractivity contribution in [1.82, 2.24) is 10.3 Å². The Bertz CT molecular complexity index is 912. The van der Waals surface area contributed by atoms with Gasteiger partial charge < -0.3 is 10.4 Å². The van der Waals surface area contributed by atoms with Crippen molar-refractivity contribution in [2.45, 2.75) is 12.2 Å². The zero-order valence-electron chi connectivity index (χ0n) is 13.4. The summed E-state index contributed by atoms with van der Waals surface area (Å²) in [5, 5.41) is 15.9. The number of hydrazone groups is 1. The molecule has 2 aromatic rings. The number of hydrogen-bond donors (Lipinski definition) is 2. The molecule has 10 heteroatoms. The van der Waals surface area contributed by atoms with Crippen LogP contribution in [0.1, 0.15) is 17.2 Å². The molecule has 0 aliphatic carbocycles. The lowest BCUT2D eigenvalue weighted by molar-refractivity contribution is -0.189. The highest BCUT2D eigenvalue weighted by atomic mass is 35.5. The monoisotopic (exact) mass is 397 g/mol. The summed E-state index contributed by atoms with van der Waals surface area (Å²) < 4.78 is 39.1. The van der Waals surface area contributed by atoms with Crippen LogP contribution >= 0.6 is 11.6 Å². The molecule has 6 nitrogen and oxygen atoms in total. The summed E-state index contributed by atoms with van der Waals surface area (Å²) in [7, 11) is 0. The van der Waals surface area contributed by atoms with Gasteiger partial charge in [0.2, 0.25) is 0 Å². The fourth-order valence-electron chi connectivity index (χ4n) is 2.47. The Morgan fingerprint density at radius 1 is 1.11 bits per heavy atom. The van der Waals surface area contributed by atoms with E-state index >= 15 is 0 Å². The van der Waals surface area contributed by atoms with Gasteiger partial charge in [0.15, 0.2) is 11.9 Å². The van der Waals surface area contributed by atoms with Crippen molar-refractivity contribution in [1.29, 1.82) is 0 Å². The number of hydrogen-bond acceptors (Lipinski definition) is 4. The van der Waals surface area contributed by atoms with E-state index in [4.69, 9.17) is 11.6 Å². The average molecular weight is 398 g/mol. The Hall–Kier alpha value is -3.07. The molecule has 0 fully saturated rings. The van der Waals surface area contributed by atoms with Gasteiger partial charge in [-0.25, -0.2) is 5.01 Å². The number of phenolic OH excluding ortho intramolecular Hbond substituents is 1. The zero-order valence-corrected chi connectivity index (χ0v) is 14.1. The number of halogens is 4. The minimum Gasteiger partial charge on any atom is -0.508 e. The van der Waals surface area contributed by atoms with Gasteiger partial charge in [-0.2, -0.15) is 18.3 Å². The number of rotatable bonds is 2. The molecule has 0 radical (unpaired) electrons. The Morgan fingerprint density at radius 2 is 1.70 bits per heavy atom. The summed E-state index contributed by atoms with van der Waals surface area (Å²) >= 11 is 5.77. The second-order valence-corrected chi connectivity index (χ2v) is 6.02. The molecule has 0 bridgehead atoms. The average Bonchev–Trinajstić information content (AvgIpc) is 2.61. The minimum atomic E-state index is -5.23. The predicted molar refractivity (Wildman–Crippen MR) is 89.9 cm³/mol. The number of amides is 2. The van der Waals surface area contributed by atoms with Gasteiger partial charge >= 0.3 is 12.1 Å². The summed E-state index contributed by atoms with van der Waals surface area (Å²) in [6.45, 7) is 0. The van der Waals surface area contributed by atoms with Gasteiger partial charge in [0.05, 0.1) is 0 Å². The van der Waals surface area contributed by atoms with Gasteiger partial charge in [-0.1, -0.05) is 23.7 Å². The number of aromatic hydroxyl groups is 1. The van der Waals surface area contributed by atoms with Crippen molar-refractivity contribution in [3.8, 4) is 5.75 Å². The quantitative estimate of drug-likeness (QED) is 0.817. The van der Waals surface area contributed by atoms with Crippen LogP contribution in [0.15, 0.2) is 53.6 Å². The van der Waals surface area contributed by atoms with E-state index in [1.165, 1.54) is 48.5 Å². The first-order chi connectivity index (χ1) is 12.7. The van der Waals surface area contributed by atoms with Crippen molar-refractivity contribution in [2.24, 2.45) is 5.10 Å². The fourth-order valence-corrected chi connectivity index (χ4v) is 2.59. The lowest BCUT2D eigenvalue weighted by Crippen LogP contribution is -2.52. The molecule has 0 aromatic heterocycles. The maximum atomic E-state index is 13.0. The third-order valence-electron chi connectivity index (χ3n) is 3.72. The molecule has 1 heterocycles. The summed E-state index contributed by atoms with van der Waals surface area (Å²) in [5.74, 6) is -3.53. The van der Waals surface area contributed by atoms with Crippen LogP contribution in [0.5, 0.6) is 5.75 Å². The molecule has 1 atom stereocenters. The van der Waals surface area contributed by atoms with E-state index in [9.17, 15) is 27.9 Å². The van der Waals surface area contributed by atoms with Crippen molar-refractivity contribution in [3.05, 3.63) is 64.7 Å². The Labute approximate surface area is 155 Å². The molecule has 140 valence electrons. The number of benzene rings is 2. The first-order valence-electron chi connectivity index (χ1n) is 7.51. The number of alkyl halides is 3. The largest absolute Gasteiger partial charge is 0.508 e. The van der Waals surface area contributed by atoms with Crippen LogP contribution < -0.4 is 5.32 Å². The molecule has 2 amide bonds. The van der Waals surface area contributed by atoms with Gasteiger partial charge in [0.25, 0.3) is 5.91 Å². The lowest BCUT2D eigenvalue weighted by Gasteiger charge is -2.32. The van der Waals surface area contributed by atoms with Crippen molar-refractivity contribution in [3.63, 3.8) is 0 Å². The molecule has 0 spiro atoms. The highest BCUT2D eigenvalue weighted by Crippen LogP contribution is 2.31.